The molecule has 1 N–H and O–H groups in total. The normalized spacial score (nSPS) is 13.2. The monoisotopic (exact) mass is 522 g/mol. The Kier molecular flexibility index (Phi) is 8.42. The number of ether oxygens (including phenoxy) is 3. The van der Waals surface area contributed by atoms with Crippen LogP contribution in [0.5, 0.6) is 23.0 Å². The second kappa shape index (κ2) is 12.5. The zero-order valence-electron chi connectivity index (χ0n) is 22.5. The fourth-order valence-electron chi connectivity index (χ4n) is 4.97. The van der Waals surface area contributed by atoms with Crippen LogP contribution in [0, 0.1) is 0 Å². The third-order valence-corrected chi connectivity index (χ3v) is 6.94. The van der Waals surface area contributed by atoms with Crippen LogP contribution in [0.1, 0.15) is 43.9 Å². The highest BCUT2D eigenvalue weighted by Crippen LogP contribution is 2.33. The van der Waals surface area contributed by atoms with E-state index in [0.717, 1.165) is 65.4 Å². The molecule has 3 aromatic carbocycles. The van der Waals surface area contributed by atoms with E-state index in [0.29, 0.717) is 5.75 Å². The van der Waals surface area contributed by atoms with Crippen LogP contribution in [-0.2, 0) is 17.6 Å². The minimum Gasteiger partial charge on any atom is -0.493 e. The molecule has 39 heavy (non-hydrogen) atoms. The van der Waals surface area contributed by atoms with Crippen LogP contribution in [0.3, 0.4) is 0 Å². The molecule has 0 bridgehead atoms. The molecule has 6 heteroatoms. The summed E-state index contributed by atoms with van der Waals surface area (Å²) in [5.41, 5.74) is 5.19. The van der Waals surface area contributed by atoms with Gasteiger partial charge in [0.2, 0.25) is 5.91 Å². The number of nitrogens with one attached hydrogen (secondary N) is 1. The second-order valence-corrected chi connectivity index (χ2v) is 9.84. The van der Waals surface area contributed by atoms with Gasteiger partial charge in [-0.25, -0.2) is 0 Å². The van der Waals surface area contributed by atoms with E-state index in [1.54, 1.807) is 7.11 Å². The molecular formula is C33H34N2O4. The average molecular weight is 523 g/mol. The van der Waals surface area contributed by atoms with Crippen molar-refractivity contribution in [3.63, 3.8) is 0 Å². The number of methoxy groups -OCH3 is 1. The van der Waals surface area contributed by atoms with Crippen molar-refractivity contribution in [3.8, 4) is 34.1 Å². The zero-order valence-corrected chi connectivity index (χ0v) is 22.5. The van der Waals surface area contributed by atoms with E-state index >= 15 is 0 Å². The molecule has 0 spiro atoms. The Labute approximate surface area is 230 Å². The Morgan fingerprint density at radius 3 is 2.31 bits per heavy atom. The van der Waals surface area contributed by atoms with Crippen LogP contribution < -0.4 is 19.5 Å². The largest absolute Gasteiger partial charge is 0.493 e. The second-order valence-electron chi connectivity index (χ2n) is 9.84. The quantitative estimate of drug-likeness (QED) is 0.232. The van der Waals surface area contributed by atoms with E-state index in [1.165, 1.54) is 25.3 Å². The molecule has 0 aliphatic heterocycles. The summed E-state index contributed by atoms with van der Waals surface area (Å²) in [4.78, 5) is 15.9. The van der Waals surface area contributed by atoms with Crippen molar-refractivity contribution in [2.75, 3.05) is 12.4 Å². The Morgan fingerprint density at radius 1 is 0.897 bits per heavy atom. The maximum atomic E-state index is 11.2. The van der Waals surface area contributed by atoms with Gasteiger partial charge in [0.1, 0.15) is 11.5 Å². The SMILES string of the molecule is COc1ccc(CCc2ncccc2-c2ccc(Oc3ccc(NC(C)=O)cc3)cc2)cc1OC1CCCC1. The van der Waals surface area contributed by atoms with Gasteiger partial charge in [-0.3, -0.25) is 9.78 Å². The van der Waals surface area contributed by atoms with Crippen LogP contribution in [-0.4, -0.2) is 24.1 Å². The Bertz CT molecular complexity index is 1390. The first-order chi connectivity index (χ1) is 19.1. The molecular weight excluding hydrogens is 488 g/mol. The van der Waals surface area contributed by atoms with Gasteiger partial charge in [0.05, 0.1) is 13.2 Å². The molecule has 5 rings (SSSR count). The number of hydrogen-bond acceptors (Lipinski definition) is 5. The number of aromatic nitrogens is 1. The molecule has 200 valence electrons. The molecule has 0 unspecified atom stereocenters. The summed E-state index contributed by atoms with van der Waals surface area (Å²) in [6.45, 7) is 1.49. The van der Waals surface area contributed by atoms with E-state index in [4.69, 9.17) is 19.2 Å². The zero-order chi connectivity index (χ0) is 27.0. The van der Waals surface area contributed by atoms with Gasteiger partial charge in [0.15, 0.2) is 11.5 Å². The van der Waals surface area contributed by atoms with Gasteiger partial charge in [-0.2, -0.15) is 0 Å². The van der Waals surface area contributed by atoms with Gasteiger partial charge in [-0.1, -0.05) is 24.3 Å². The number of nitrogens with zero attached hydrogens (tertiary/aromatic N) is 1. The van der Waals surface area contributed by atoms with E-state index < -0.39 is 0 Å². The highest BCUT2D eigenvalue weighted by Gasteiger charge is 2.19. The Hall–Kier alpha value is -4.32. The van der Waals surface area contributed by atoms with Gasteiger partial charge in [0.25, 0.3) is 0 Å². The van der Waals surface area contributed by atoms with E-state index in [-0.39, 0.29) is 12.0 Å². The number of aryl methyl sites for hydroxylation is 2. The number of rotatable bonds is 10. The number of hydrogen-bond donors (Lipinski definition) is 1. The molecule has 0 saturated heterocycles. The summed E-state index contributed by atoms with van der Waals surface area (Å²) in [5, 5.41) is 2.76. The maximum absolute atomic E-state index is 11.2. The predicted molar refractivity (Wildman–Crippen MR) is 154 cm³/mol. The molecule has 1 aliphatic carbocycles. The number of pyridine rings is 1. The molecule has 6 nitrogen and oxygen atoms in total. The van der Waals surface area contributed by atoms with Crippen molar-refractivity contribution in [2.24, 2.45) is 0 Å². The number of carbonyl (C=O) groups excluding carboxylic acids is 1. The average Bonchev–Trinajstić information content (AvgIpc) is 3.47. The third kappa shape index (κ3) is 6.96. The predicted octanol–water partition coefficient (Wildman–Crippen LogP) is 7.61. The van der Waals surface area contributed by atoms with Crippen molar-refractivity contribution in [1.29, 1.82) is 0 Å². The highest BCUT2D eigenvalue weighted by molar-refractivity contribution is 5.88. The molecule has 1 saturated carbocycles. The van der Waals surface area contributed by atoms with E-state index in [2.05, 4.69) is 35.6 Å². The van der Waals surface area contributed by atoms with Crippen LogP contribution in [0.2, 0.25) is 0 Å². The van der Waals surface area contributed by atoms with Gasteiger partial charge in [0, 0.05) is 30.1 Å². The summed E-state index contributed by atoms with van der Waals surface area (Å²) in [6.07, 6.45) is 8.48. The lowest BCUT2D eigenvalue weighted by Gasteiger charge is -2.17. The van der Waals surface area contributed by atoms with Crippen LogP contribution >= 0.6 is 0 Å². The molecule has 1 aliphatic rings. The molecule has 0 radical (unpaired) electrons. The molecule has 4 aromatic rings. The summed E-state index contributed by atoms with van der Waals surface area (Å²) in [5.74, 6) is 2.97. The van der Waals surface area contributed by atoms with Crippen LogP contribution in [0.4, 0.5) is 5.69 Å². The van der Waals surface area contributed by atoms with Gasteiger partial charge < -0.3 is 19.5 Å². The van der Waals surface area contributed by atoms with Crippen molar-refractivity contribution >= 4 is 11.6 Å². The number of carbonyl (C=O) groups is 1. The first kappa shape index (κ1) is 26.3. The summed E-state index contributed by atoms with van der Waals surface area (Å²) in [7, 11) is 1.69. The lowest BCUT2D eigenvalue weighted by Crippen LogP contribution is -2.11. The standard InChI is InChI=1S/C33H34N2O4/c1-23(36)35-26-13-17-29(18-14-26)38-28-15-11-25(12-16-28)30-8-5-21-34-31(30)19-9-24-10-20-32(37-2)33(22-24)39-27-6-3-4-7-27/h5,8,10-18,20-22,27H,3-4,6-7,9,19H2,1-2H3,(H,35,36). The molecule has 1 fully saturated rings. The minimum atomic E-state index is -0.101. The third-order valence-electron chi connectivity index (χ3n) is 6.94. The molecule has 0 atom stereocenters. The Morgan fingerprint density at radius 2 is 1.62 bits per heavy atom. The fraction of sp³-hybridized carbons (Fsp3) is 0.273. The number of amides is 1. The first-order valence-electron chi connectivity index (χ1n) is 13.5. The first-order valence-corrected chi connectivity index (χ1v) is 13.5. The summed E-state index contributed by atoms with van der Waals surface area (Å²) >= 11 is 0. The summed E-state index contributed by atoms with van der Waals surface area (Å²) in [6, 6.07) is 25.7. The van der Waals surface area contributed by atoms with Gasteiger partial charge in [-0.05, 0) is 104 Å². The number of benzene rings is 3. The molecule has 1 amide bonds. The molecule has 1 aromatic heterocycles. The lowest BCUT2D eigenvalue weighted by atomic mass is 9.99. The van der Waals surface area contributed by atoms with E-state index in [1.807, 2.05) is 54.7 Å². The van der Waals surface area contributed by atoms with Crippen LogP contribution in [0.25, 0.3) is 11.1 Å². The summed E-state index contributed by atoms with van der Waals surface area (Å²) < 4.78 is 17.8. The van der Waals surface area contributed by atoms with Gasteiger partial charge in [-0.15, -0.1) is 0 Å². The van der Waals surface area contributed by atoms with Crippen molar-refractivity contribution in [1.82, 2.24) is 4.98 Å². The lowest BCUT2D eigenvalue weighted by molar-refractivity contribution is -0.114. The Balaban J connectivity index is 1.25. The van der Waals surface area contributed by atoms with Crippen molar-refractivity contribution in [3.05, 3.63) is 96.3 Å². The fourth-order valence-corrected chi connectivity index (χ4v) is 4.97. The maximum Gasteiger partial charge on any atom is 0.221 e. The highest BCUT2D eigenvalue weighted by atomic mass is 16.5. The number of anilines is 1. The van der Waals surface area contributed by atoms with E-state index in [9.17, 15) is 4.79 Å². The minimum absolute atomic E-state index is 0.101. The van der Waals surface area contributed by atoms with Gasteiger partial charge >= 0.3 is 0 Å². The molecule has 1 heterocycles. The van der Waals surface area contributed by atoms with Crippen LogP contribution in [0.15, 0.2) is 85.1 Å². The topological polar surface area (TPSA) is 69.7 Å². The van der Waals surface area contributed by atoms with Crippen molar-refractivity contribution < 1.29 is 19.0 Å². The smallest absolute Gasteiger partial charge is 0.221 e. The van der Waals surface area contributed by atoms with Crippen molar-refractivity contribution in [2.45, 2.75) is 51.6 Å².